The van der Waals surface area contributed by atoms with Crippen molar-refractivity contribution in [3.63, 3.8) is 0 Å². The van der Waals surface area contributed by atoms with Crippen LogP contribution in [0, 0.1) is 0 Å². The largest absolute Gasteiger partial charge is 0.481 e. The summed E-state index contributed by atoms with van der Waals surface area (Å²) in [6.45, 7) is 0.499. The molecule has 0 radical (unpaired) electrons. The number of carbonyl (C=O) groups excluding carboxylic acids is 1. The van der Waals surface area contributed by atoms with E-state index < -0.39 is 5.97 Å². The number of rotatable bonds is 6. The molecular weight excluding hydrogens is 320 g/mol. The molecule has 6 heteroatoms. The highest BCUT2D eigenvalue weighted by molar-refractivity contribution is 5.94. The van der Waals surface area contributed by atoms with Gasteiger partial charge in [0.1, 0.15) is 5.76 Å². The SMILES string of the molecule is O=C(O)CCN(Cc1ccccc1)C(=O)c1noc2c1CCCCC2. The van der Waals surface area contributed by atoms with Crippen molar-refractivity contribution in [3.8, 4) is 0 Å². The molecule has 132 valence electrons. The molecule has 3 rings (SSSR count). The average molecular weight is 342 g/mol. The van der Waals surface area contributed by atoms with Gasteiger partial charge >= 0.3 is 5.97 Å². The van der Waals surface area contributed by atoms with Crippen LogP contribution in [0.15, 0.2) is 34.9 Å². The molecule has 0 aliphatic heterocycles. The number of benzene rings is 1. The molecule has 0 bridgehead atoms. The van der Waals surface area contributed by atoms with Crippen molar-refractivity contribution in [2.45, 2.75) is 45.1 Å². The van der Waals surface area contributed by atoms with Gasteiger partial charge in [-0.25, -0.2) is 0 Å². The van der Waals surface area contributed by atoms with E-state index in [2.05, 4.69) is 5.16 Å². The van der Waals surface area contributed by atoms with Crippen LogP contribution in [0.2, 0.25) is 0 Å². The van der Waals surface area contributed by atoms with E-state index in [1.165, 1.54) is 0 Å². The maximum absolute atomic E-state index is 13.0. The number of carbonyl (C=O) groups is 2. The minimum absolute atomic E-state index is 0.0986. The van der Waals surface area contributed by atoms with E-state index >= 15 is 0 Å². The molecule has 0 unspecified atom stereocenters. The number of hydrogen-bond donors (Lipinski definition) is 1. The lowest BCUT2D eigenvalue weighted by atomic mass is 10.1. The number of carboxylic acid groups (broad SMARTS) is 1. The van der Waals surface area contributed by atoms with E-state index in [0.29, 0.717) is 12.2 Å². The van der Waals surface area contributed by atoms with Crippen LogP contribution in [-0.4, -0.2) is 33.6 Å². The van der Waals surface area contributed by atoms with E-state index in [1.54, 1.807) is 4.90 Å². The van der Waals surface area contributed by atoms with Gasteiger partial charge in [0.05, 0.1) is 6.42 Å². The highest BCUT2D eigenvalue weighted by Crippen LogP contribution is 2.25. The van der Waals surface area contributed by atoms with E-state index in [1.807, 2.05) is 30.3 Å². The zero-order chi connectivity index (χ0) is 17.6. The molecule has 1 aromatic heterocycles. The third-order valence-electron chi connectivity index (χ3n) is 4.50. The van der Waals surface area contributed by atoms with Gasteiger partial charge in [-0.05, 0) is 24.8 Å². The van der Waals surface area contributed by atoms with E-state index in [-0.39, 0.29) is 18.9 Å². The number of carboxylic acids is 1. The maximum Gasteiger partial charge on any atom is 0.305 e. The molecular formula is C19H22N2O4. The van der Waals surface area contributed by atoms with Crippen molar-refractivity contribution in [1.82, 2.24) is 10.1 Å². The topological polar surface area (TPSA) is 83.6 Å². The predicted molar refractivity (Wildman–Crippen MR) is 91.2 cm³/mol. The van der Waals surface area contributed by atoms with Crippen LogP contribution in [0.5, 0.6) is 0 Å². The molecule has 0 saturated heterocycles. The molecule has 0 spiro atoms. The summed E-state index contributed by atoms with van der Waals surface area (Å²) in [6.07, 6.45) is 4.68. The molecule has 0 atom stereocenters. The zero-order valence-electron chi connectivity index (χ0n) is 14.1. The average Bonchev–Trinajstić information content (AvgIpc) is 2.87. The lowest BCUT2D eigenvalue weighted by Gasteiger charge is -2.21. The summed E-state index contributed by atoms with van der Waals surface area (Å²) >= 11 is 0. The van der Waals surface area contributed by atoms with Gasteiger partial charge in [-0.3, -0.25) is 9.59 Å². The summed E-state index contributed by atoms with van der Waals surface area (Å²) < 4.78 is 5.40. The van der Waals surface area contributed by atoms with Gasteiger partial charge in [0.15, 0.2) is 5.69 Å². The Kier molecular flexibility index (Phi) is 5.48. The molecule has 1 aliphatic carbocycles. The van der Waals surface area contributed by atoms with Crippen molar-refractivity contribution < 1.29 is 19.2 Å². The first kappa shape index (κ1) is 17.2. The molecule has 1 aliphatic rings. The normalized spacial score (nSPS) is 13.8. The van der Waals surface area contributed by atoms with Crippen LogP contribution in [0.4, 0.5) is 0 Å². The van der Waals surface area contributed by atoms with Crippen LogP contribution < -0.4 is 0 Å². The Hall–Kier alpha value is -2.63. The first-order valence-electron chi connectivity index (χ1n) is 8.67. The Morgan fingerprint density at radius 2 is 1.88 bits per heavy atom. The van der Waals surface area contributed by atoms with Crippen LogP contribution in [0.3, 0.4) is 0 Å². The first-order valence-corrected chi connectivity index (χ1v) is 8.67. The molecule has 1 aromatic carbocycles. The van der Waals surface area contributed by atoms with Gasteiger partial charge in [-0.2, -0.15) is 0 Å². The number of aryl methyl sites for hydroxylation is 1. The summed E-state index contributed by atoms with van der Waals surface area (Å²) in [5.74, 6) is -0.374. The van der Waals surface area contributed by atoms with Crippen LogP contribution in [0.1, 0.15) is 53.1 Å². The highest BCUT2D eigenvalue weighted by Gasteiger charge is 2.27. The van der Waals surface area contributed by atoms with Gasteiger partial charge < -0.3 is 14.5 Å². The van der Waals surface area contributed by atoms with Gasteiger partial charge in [-0.1, -0.05) is 41.9 Å². The van der Waals surface area contributed by atoms with Crippen LogP contribution in [0.25, 0.3) is 0 Å². The molecule has 2 aromatic rings. The van der Waals surface area contributed by atoms with E-state index in [4.69, 9.17) is 9.63 Å². The minimum atomic E-state index is -0.926. The predicted octanol–water partition coefficient (Wildman–Crippen LogP) is 3.06. The van der Waals surface area contributed by atoms with Crippen molar-refractivity contribution in [3.05, 3.63) is 52.9 Å². The highest BCUT2D eigenvalue weighted by atomic mass is 16.5. The number of nitrogens with zero attached hydrogens (tertiary/aromatic N) is 2. The molecule has 1 N–H and O–H groups in total. The fourth-order valence-corrected chi connectivity index (χ4v) is 3.17. The summed E-state index contributed by atoms with van der Waals surface area (Å²) in [7, 11) is 0. The van der Waals surface area contributed by atoms with E-state index in [9.17, 15) is 9.59 Å². The van der Waals surface area contributed by atoms with E-state index in [0.717, 1.165) is 49.0 Å². The smallest absolute Gasteiger partial charge is 0.305 e. The standard InChI is InChI=1S/C19H22N2O4/c22-17(23)11-12-21(13-14-7-3-1-4-8-14)19(24)18-15-9-5-2-6-10-16(15)25-20-18/h1,3-4,7-8H,2,5-6,9-13H2,(H,22,23). The third-order valence-corrected chi connectivity index (χ3v) is 4.50. The molecule has 6 nitrogen and oxygen atoms in total. The van der Waals surface area contributed by atoms with Crippen LogP contribution >= 0.6 is 0 Å². The number of amides is 1. The Morgan fingerprint density at radius 3 is 2.64 bits per heavy atom. The third kappa shape index (κ3) is 4.26. The molecule has 1 heterocycles. The van der Waals surface area contributed by atoms with Gasteiger partial charge in [-0.15, -0.1) is 0 Å². The molecule has 1 amide bonds. The Balaban J connectivity index is 1.83. The summed E-state index contributed by atoms with van der Waals surface area (Å²) in [5.41, 5.74) is 2.20. The first-order chi connectivity index (χ1) is 12.1. The Bertz CT molecular complexity index is 739. The Labute approximate surface area is 146 Å². The summed E-state index contributed by atoms with van der Waals surface area (Å²) in [5, 5.41) is 13.0. The van der Waals surface area contributed by atoms with Crippen molar-refractivity contribution in [2.24, 2.45) is 0 Å². The monoisotopic (exact) mass is 342 g/mol. The maximum atomic E-state index is 13.0. The van der Waals surface area contributed by atoms with Gasteiger partial charge in [0.2, 0.25) is 0 Å². The summed E-state index contributed by atoms with van der Waals surface area (Å²) in [4.78, 5) is 25.5. The lowest BCUT2D eigenvalue weighted by Crippen LogP contribution is -2.33. The van der Waals surface area contributed by atoms with Gasteiger partial charge in [0, 0.05) is 25.1 Å². The Morgan fingerprint density at radius 1 is 1.12 bits per heavy atom. The molecule has 0 saturated carbocycles. The minimum Gasteiger partial charge on any atom is -0.481 e. The van der Waals surface area contributed by atoms with Crippen molar-refractivity contribution >= 4 is 11.9 Å². The zero-order valence-corrected chi connectivity index (χ0v) is 14.1. The molecule has 25 heavy (non-hydrogen) atoms. The second kappa shape index (κ2) is 7.96. The second-order valence-electron chi connectivity index (χ2n) is 6.35. The van der Waals surface area contributed by atoms with Gasteiger partial charge in [0.25, 0.3) is 5.91 Å². The summed E-state index contributed by atoms with van der Waals surface area (Å²) in [6, 6.07) is 9.55. The van der Waals surface area contributed by atoms with Crippen LogP contribution in [-0.2, 0) is 24.2 Å². The quantitative estimate of drug-likeness (QED) is 0.816. The molecule has 0 fully saturated rings. The number of hydrogen-bond acceptors (Lipinski definition) is 4. The number of aliphatic carboxylic acids is 1. The fraction of sp³-hybridized carbons (Fsp3) is 0.421. The van der Waals surface area contributed by atoms with Crippen molar-refractivity contribution in [1.29, 1.82) is 0 Å². The fourth-order valence-electron chi connectivity index (χ4n) is 3.17. The lowest BCUT2D eigenvalue weighted by molar-refractivity contribution is -0.137. The number of fused-ring (bicyclic) bond motifs is 1. The number of aromatic nitrogens is 1. The van der Waals surface area contributed by atoms with Crippen molar-refractivity contribution in [2.75, 3.05) is 6.54 Å². The second-order valence-corrected chi connectivity index (χ2v) is 6.35.